The first-order valence-corrected chi connectivity index (χ1v) is 8.16. The van der Waals surface area contributed by atoms with E-state index in [1.807, 2.05) is 12.1 Å². The van der Waals surface area contributed by atoms with Crippen molar-refractivity contribution in [1.82, 2.24) is 15.5 Å². The second kappa shape index (κ2) is 9.41. The Kier molecular flexibility index (Phi) is 6.94. The lowest BCUT2D eigenvalue weighted by molar-refractivity contribution is -0.140. The van der Waals surface area contributed by atoms with E-state index in [4.69, 9.17) is 0 Å². The smallest absolute Gasteiger partial charge is 0.305 e. The van der Waals surface area contributed by atoms with Gasteiger partial charge in [-0.1, -0.05) is 18.2 Å². The summed E-state index contributed by atoms with van der Waals surface area (Å²) < 4.78 is 4.52. The Balaban J connectivity index is 1.70. The first-order chi connectivity index (χ1) is 12.1. The molecule has 1 heterocycles. The van der Waals surface area contributed by atoms with Crippen molar-refractivity contribution in [2.45, 2.75) is 25.7 Å². The zero-order chi connectivity index (χ0) is 18.1. The summed E-state index contributed by atoms with van der Waals surface area (Å²) in [5, 5.41) is 13.8. The van der Waals surface area contributed by atoms with Crippen molar-refractivity contribution >= 4 is 28.5 Å². The summed E-state index contributed by atoms with van der Waals surface area (Å²) in [4.78, 5) is 34.3. The number of ether oxygens (including phenoxy) is 1. The molecule has 0 unspecified atom stereocenters. The molecule has 8 heteroatoms. The highest BCUT2D eigenvalue weighted by Gasteiger charge is 2.06. The van der Waals surface area contributed by atoms with Crippen LogP contribution in [0, 0.1) is 0 Å². The number of carbonyl (C=O) groups is 2. The van der Waals surface area contributed by atoms with Gasteiger partial charge in [-0.25, -0.2) is 5.10 Å². The summed E-state index contributed by atoms with van der Waals surface area (Å²) in [6, 6.07) is 7.23. The molecule has 0 atom stereocenters. The fourth-order valence-electron chi connectivity index (χ4n) is 2.36. The number of H-pyrrole nitrogens is 1. The molecule has 25 heavy (non-hydrogen) atoms. The summed E-state index contributed by atoms with van der Waals surface area (Å²) in [6.45, 7) is 1.12. The molecule has 0 spiro atoms. The van der Waals surface area contributed by atoms with Gasteiger partial charge in [0.1, 0.15) is 0 Å². The Labute approximate surface area is 145 Å². The zero-order valence-electron chi connectivity index (χ0n) is 14.1. The number of aromatic nitrogens is 2. The van der Waals surface area contributed by atoms with Crippen LogP contribution in [-0.2, 0) is 14.3 Å². The van der Waals surface area contributed by atoms with E-state index in [1.165, 1.54) is 7.11 Å². The van der Waals surface area contributed by atoms with Crippen LogP contribution >= 0.6 is 0 Å². The normalized spacial score (nSPS) is 10.4. The molecule has 1 aromatic heterocycles. The van der Waals surface area contributed by atoms with Gasteiger partial charge in [-0.15, -0.1) is 0 Å². The summed E-state index contributed by atoms with van der Waals surface area (Å²) in [6.07, 6.45) is 1.73. The predicted molar refractivity (Wildman–Crippen MR) is 94.3 cm³/mol. The van der Waals surface area contributed by atoms with Crippen molar-refractivity contribution in [3.63, 3.8) is 0 Å². The van der Waals surface area contributed by atoms with Crippen molar-refractivity contribution in [1.29, 1.82) is 0 Å². The SMILES string of the molecule is COC(=O)CCCC(=O)NCCCNc1n[nH]c(=O)c2ccccc12. The number of hydrogen-bond donors (Lipinski definition) is 3. The molecule has 0 aliphatic rings. The third-order valence-electron chi connectivity index (χ3n) is 3.68. The van der Waals surface area contributed by atoms with Gasteiger partial charge in [0, 0.05) is 31.3 Å². The predicted octanol–water partition coefficient (Wildman–Crippen LogP) is 1.18. The number of esters is 1. The second-order valence-electron chi connectivity index (χ2n) is 5.51. The van der Waals surface area contributed by atoms with Crippen molar-refractivity contribution in [2.24, 2.45) is 0 Å². The maximum atomic E-state index is 11.7. The van der Waals surface area contributed by atoms with E-state index in [1.54, 1.807) is 12.1 Å². The Bertz CT molecular complexity index is 788. The number of rotatable bonds is 9. The van der Waals surface area contributed by atoms with Crippen LogP contribution in [-0.4, -0.2) is 42.3 Å². The topological polar surface area (TPSA) is 113 Å². The van der Waals surface area contributed by atoms with Crippen LogP contribution in [0.4, 0.5) is 5.82 Å². The summed E-state index contributed by atoms with van der Waals surface area (Å²) in [5.41, 5.74) is -0.222. The van der Waals surface area contributed by atoms with Gasteiger partial charge < -0.3 is 15.4 Å². The van der Waals surface area contributed by atoms with E-state index in [0.29, 0.717) is 43.6 Å². The van der Waals surface area contributed by atoms with E-state index >= 15 is 0 Å². The van der Waals surface area contributed by atoms with E-state index in [9.17, 15) is 14.4 Å². The molecular formula is C17H22N4O4. The lowest BCUT2D eigenvalue weighted by Gasteiger charge is -2.08. The minimum Gasteiger partial charge on any atom is -0.469 e. The van der Waals surface area contributed by atoms with E-state index in [2.05, 4.69) is 25.6 Å². The molecule has 0 aliphatic carbocycles. The standard InChI is InChI=1S/C17H22N4O4/c1-25-15(23)9-4-8-14(22)18-10-5-11-19-16-12-6-2-3-7-13(12)17(24)21-20-16/h2-3,6-7H,4-5,8-11H2,1H3,(H,18,22)(H,19,20)(H,21,24). The van der Waals surface area contributed by atoms with Crippen molar-refractivity contribution in [3.05, 3.63) is 34.6 Å². The molecular weight excluding hydrogens is 324 g/mol. The van der Waals surface area contributed by atoms with Gasteiger partial charge >= 0.3 is 5.97 Å². The third kappa shape index (κ3) is 5.59. The number of benzene rings is 1. The average Bonchev–Trinajstić information content (AvgIpc) is 2.63. The Morgan fingerprint density at radius 1 is 1.12 bits per heavy atom. The minimum atomic E-state index is -0.308. The highest BCUT2D eigenvalue weighted by Crippen LogP contribution is 2.16. The highest BCUT2D eigenvalue weighted by molar-refractivity contribution is 5.90. The van der Waals surface area contributed by atoms with Crippen LogP contribution in [0.3, 0.4) is 0 Å². The van der Waals surface area contributed by atoms with Crippen LogP contribution in [0.1, 0.15) is 25.7 Å². The molecule has 2 aromatic rings. The van der Waals surface area contributed by atoms with Crippen molar-refractivity contribution in [2.75, 3.05) is 25.5 Å². The van der Waals surface area contributed by atoms with E-state index < -0.39 is 0 Å². The molecule has 1 aromatic carbocycles. The van der Waals surface area contributed by atoms with Crippen LogP contribution in [0.5, 0.6) is 0 Å². The minimum absolute atomic E-state index is 0.0866. The maximum absolute atomic E-state index is 11.7. The quantitative estimate of drug-likeness (QED) is 0.464. The van der Waals surface area contributed by atoms with Gasteiger partial charge in [-0.3, -0.25) is 14.4 Å². The number of aromatic amines is 1. The number of fused-ring (bicyclic) bond motifs is 1. The number of methoxy groups -OCH3 is 1. The monoisotopic (exact) mass is 346 g/mol. The molecule has 0 aliphatic heterocycles. The largest absolute Gasteiger partial charge is 0.469 e. The van der Waals surface area contributed by atoms with Crippen molar-refractivity contribution in [3.8, 4) is 0 Å². The zero-order valence-corrected chi connectivity index (χ0v) is 14.1. The number of nitrogens with one attached hydrogen (secondary N) is 3. The molecule has 8 nitrogen and oxygen atoms in total. The Hall–Kier alpha value is -2.90. The lowest BCUT2D eigenvalue weighted by atomic mass is 10.2. The average molecular weight is 346 g/mol. The van der Waals surface area contributed by atoms with Crippen molar-refractivity contribution < 1.29 is 14.3 Å². The van der Waals surface area contributed by atoms with Crippen LogP contribution < -0.4 is 16.2 Å². The number of anilines is 1. The van der Waals surface area contributed by atoms with Gasteiger partial charge in [-0.2, -0.15) is 5.10 Å². The lowest BCUT2D eigenvalue weighted by Crippen LogP contribution is -2.25. The fraction of sp³-hybridized carbons (Fsp3) is 0.412. The number of carbonyl (C=O) groups excluding carboxylic acids is 2. The molecule has 0 saturated heterocycles. The molecule has 0 saturated carbocycles. The molecule has 0 bridgehead atoms. The van der Waals surface area contributed by atoms with Gasteiger partial charge in [0.05, 0.1) is 12.5 Å². The van der Waals surface area contributed by atoms with E-state index in [0.717, 1.165) is 5.39 Å². The van der Waals surface area contributed by atoms with Crippen LogP contribution in [0.15, 0.2) is 29.1 Å². The number of amides is 1. The molecule has 134 valence electrons. The third-order valence-corrected chi connectivity index (χ3v) is 3.68. The second-order valence-corrected chi connectivity index (χ2v) is 5.51. The molecule has 3 N–H and O–H groups in total. The first-order valence-electron chi connectivity index (χ1n) is 8.16. The van der Waals surface area contributed by atoms with Gasteiger partial charge in [-0.05, 0) is 18.9 Å². The molecule has 2 rings (SSSR count). The Morgan fingerprint density at radius 3 is 2.64 bits per heavy atom. The number of nitrogens with zero attached hydrogens (tertiary/aromatic N) is 1. The van der Waals surface area contributed by atoms with Crippen LogP contribution in [0.25, 0.3) is 10.8 Å². The number of hydrogen-bond acceptors (Lipinski definition) is 6. The molecule has 1 amide bonds. The molecule has 0 fully saturated rings. The van der Waals surface area contributed by atoms with Gasteiger partial charge in [0.25, 0.3) is 5.56 Å². The Morgan fingerprint density at radius 2 is 1.88 bits per heavy atom. The van der Waals surface area contributed by atoms with Crippen LogP contribution in [0.2, 0.25) is 0 Å². The fourth-order valence-corrected chi connectivity index (χ4v) is 2.36. The summed E-state index contributed by atoms with van der Waals surface area (Å²) in [5.74, 6) is 0.216. The molecule has 0 radical (unpaired) electrons. The van der Waals surface area contributed by atoms with Gasteiger partial charge in [0.15, 0.2) is 5.82 Å². The summed E-state index contributed by atoms with van der Waals surface area (Å²) in [7, 11) is 1.33. The van der Waals surface area contributed by atoms with E-state index in [-0.39, 0.29) is 23.9 Å². The maximum Gasteiger partial charge on any atom is 0.305 e. The summed E-state index contributed by atoms with van der Waals surface area (Å²) >= 11 is 0. The first kappa shape index (κ1) is 18.4. The highest BCUT2D eigenvalue weighted by atomic mass is 16.5. The van der Waals surface area contributed by atoms with Gasteiger partial charge in [0.2, 0.25) is 5.91 Å².